The highest BCUT2D eigenvalue weighted by molar-refractivity contribution is 7.99. The molecule has 0 aromatic heterocycles. The molecule has 6 heteroatoms. The van der Waals surface area contributed by atoms with Gasteiger partial charge < -0.3 is 15.3 Å². The van der Waals surface area contributed by atoms with E-state index in [2.05, 4.69) is 12.2 Å². The van der Waals surface area contributed by atoms with E-state index in [1.807, 2.05) is 11.8 Å². The van der Waals surface area contributed by atoms with Gasteiger partial charge in [0.15, 0.2) is 0 Å². The van der Waals surface area contributed by atoms with Crippen molar-refractivity contribution in [3.05, 3.63) is 0 Å². The van der Waals surface area contributed by atoms with Gasteiger partial charge in [-0.25, -0.2) is 4.79 Å². The summed E-state index contributed by atoms with van der Waals surface area (Å²) >= 11 is 1.91. The fourth-order valence-electron chi connectivity index (χ4n) is 2.90. The Morgan fingerprint density at radius 1 is 1.37 bits per heavy atom. The summed E-state index contributed by atoms with van der Waals surface area (Å²) in [7, 11) is 0. The van der Waals surface area contributed by atoms with E-state index in [0.717, 1.165) is 12.2 Å². The Bertz CT molecular complexity index is 351. The fraction of sp³-hybridized carbons (Fsp3) is 0.846. The van der Waals surface area contributed by atoms with Gasteiger partial charge in [-0.05, 0) is 25.0 Å². The predicted octanol–water partition coefficient (Wildman–Crippen LogP) is 1.78. The number of aliphatic carboxylic acids is 1. The van der Waals surface area contributed by atoms with Crippen molar-refractivity contribution >= 4 is 23.8 Å². The SMILES string of the molecule is CCSC1CCCC1NC(=O)N1CCC(C(=O)O)C1. The van der Waals surface area contributed by atoms with Gasteiger partial charge in [-0.2, -0.15) is 11.8 Å². The lowest BCUT2D eigenvalue weighted by atomic mass is 10.1. The number of rotatable bonds is 4. The molecule has 5 nitrogen and oxygen atoms in total. The number of hydrogen-bond donors (Lipinski definition) is 2. The molecule has 19 heavy (non-hydrogen) atoms. The summed E-state index contributed by atoms with van der Waals surface area (Å²) in [5.41, 5.74) is 0. The molecule has 1 aliphatic carbocycles. The van der Waals surface area contributed by atoms with Crippen molar-refractivity contribution < 1.29 is 14.7 Å². The van der Waals surface area contributed by atoms with E-state index in [1.165, 1.54) is 12.8 Å². The molecular weight excluding hydrogens is 264 g/mol. The van der Waals surface area contributed by atoms with Crippen molar-refractivity contribution in [3.63, 3.8) is 0 Å². The molecule has 1 saturated heterocycles. The van der Waals surface area contributed by atoms with Crippen LogP contribution < -0.4 is 5.32 Å². The van der Waals surface area contributed by atoms with Crippen LogP contribution in [-0.4, -0.2) is 52.1 Å². The molecule has 0 spiro atoms. The van der Waals surface area contributed by atoms with Crippen LogP contribution in [0.3, 0.4) is 0 Å². The first-order chi connectivity index (χ1) is 9.11. The highest BCUT2D eigenvalue weighted by atomic mass is 32.2. The molecule has 108 valence electrons. The molecule has 2 fully saturated rings. The van der Waals surface area contributed by atoms with Gasteiger partial charge >= 0.3 is 12.0 Å². The normalized spacial score (nSPS) is 30.6. The third-order valence-electron chi connectivity index (χ3n) is 3.97. The predicted molar refractivity (Wildman–Crippen MR) is 75.4 cm³/mol. The van der Waals surface area contributed by atoms with Gasteiger partial charge in [0.2, 0.25) is 0 Å². The second kappa shape index (κ2) is 6.50. The van der Waals surface area contributed by atoms with Gasteiger partial charge in [0.25, 0.3) is 0 Å². The highest BCUT2D eigenvalue weighted by Crippen LogP contribution is 2.30. The summed E-state index contributed by atoms with van der Waals surface area (Å²) in [4.78, 5) is 24.7. The minimum Gasteiger partial charge on any atom is -0.481 e. The Morgan fingerprint density at radius 3 is 2.79 bits per heavy atom. The number of nitrogens with zero attached hydrogens (tertiary/aromatic N) is 1. The summed E-state index contributed by atoms with van der Waals surface area (Å²) in [6, 6.07) is 0.165. The van der Waals surface area contributed by atoms with Crippen LogP contribution in [-0.2, 0) is 4.79 Å². The number of urea groups is 1. The van der Waals surface area contributed by atoms with E-state index >= 15 is 0 Å². The van der Waals surface area contributed by atoms with E-state index < -0.39 is 11.9 Å². The quantitative estimate of drug-likeness (QED) is 0.826. The standard InChI is InChI=1S/C13H22N2O3S/c1-2-19-11-5-3-4-10(11)14-13(18)15-7-6-9(8-15)12(16)17/h9-11H,2-8H2,1H3,(H,14,18)(H,16,17). The monoisotopic (exact) mass is 286 g/mol. The Balaban J connectivity index is 1.82. The topological polar surface area (TPSA) is 69.6 Å². The summed E-state index contributed by atoms with van der Waals surface area (Å²) in [6.07, 6.45) is 3.95. The number of nitrogens with one attached hydrogen (secondary N) is 1. The van der Waals surface area contributed by atoms with Gasteiger partial charge in [-0.15, -0.1) is 0 Å². The Morgan fingerprint density at radius 2 is 2.16 bits per heavy atom. The van der Waals surface area contributed by atoms with Crippen LogP contribution in [0.2, 0.25) is 0 Å². The van der Waals surface area contributed by atoms with Gasteiger partial charge in [-0.1, -0.05) is 13.3 Å². The molecule has 3 atom stereocenters. The molecule has 0 radical (unpaired) electrons. The largest absolute Gasteiger partial charge is 0.481 e. The van der Waals surface area contributed by atoms with Crippen LogP contribution in [0.5, 0.6) is 0 Å². The smallest absolute Gasteiger partial charge is 0.317 e. The summed E-state index contributed by atoms with van der Waals surface area (Å²) < 4.78 is 0. The van der Waals surface area contributed by atoms with Crippen molar-refractivity contribution in [2.45, 2.75) is 43.9 Å². The van der Waals surface area contributed by atoms with Crippen LogP contribution in [0.15, 0.2) is 0 Å². The first kappa shape index (κ1) is 14.5. The average Bonchev–Trinajstić information content (AvgIpc) is 2.99. The molecule has 2 aliphatic rings. The number of carboxylic acids is 1. The number of carboxylic acid groups (broad SMARTS) is 1. The third kappa shape index (κ3) is 3.55. The molecule has 3 unspecified atom stereocenters. The van der Waals surface area contributed by atoms with Crippen LogP contribution in [0.25, 0.3) is 0 Å². The summed E-state index contributed by atoms with van der Waals surface area (Å²) in [5.74, 6) is -0.118. The molecule has 2 amide bonds. The molecule has 2 rings (SSSR count). The van der Waals surface area contributed by atoms with E-state index in [0.29, 0.717) is 24.8 Å². The van der Waals surface area contributed by atoms with E-state index in [4.69, 9.17) is 5.11 Å². The zero-order chi connectivity index (χ0) is 13.8. The number of carbonyl (C=O) groups excluding carboxylic acids is 1. The number of carbonyl (C=O) groups is 2. The molecule has 0 aromatic carbocycles. The summed E-state index contributed by atoms with van der Waals surface area (Å²) in [6.45, 7) is 3.04. The van der Waals surface area contributed by atoms with Crippen LogP contribution in [0.4, 0.5) is 4.79 Å². The molecular formula is C13H22N2O3S. The zero-order valence-electron chi connectivity index (χ0n) is 11.3. The molecule has 0 bridgehead atoms. The van der Waals surface area contributed by atoms with Gasteiger partial charge in [0, 0.05) is 24.4 Å². The number of thioether (sulfide) groups is 1. The number of hydrogen-bond acceptors (Lipinski definition) is 3. The molecule has 1 saturated carbocycles. The summed E-state index contributed by atoms with van der Waals surface area (Å²) in [5, 5.41) is 12.6. The Kier molecular flexibility index (Phi) is 4.96. The molecule has 2 N–H and O–H groups in total. The lowest BCUT2D eigenvalue weighted by Gasteiger charge is -2.24. The maximum atomic E-state index is 12.1. The van der Waals surface area contributed by atoms with E-state index in [-0.39, 0.29) is 12.1 Å². The first-order valence-electron chi connectivity index (χ1n) is 7.01. The van der Waals surface area contributed by atoms with E-state index in [9.17, 15) is 9.59 Å². The second-order valence-electron chi connectivity index (χ2n) is 5.25. The highest BCUT2D eigenvalue weighted by Gasteiger charge is 2.34. The van der Waals surface area contributed by atoms with Crippen molar-refractivity contribution in [1.29, 1.82) is 0 Å². The van der Waals surface area contributed by atoms with Gasteiger partial charge in [-0.3, -0.25) is 4.79 Å². The van der Waals surface area contributed by atoms with Crippen molar-refractivity contribution in [2.24, 2.45) is 5.92 Å². The van der Waals surface area contributed by atoms with E-state index in [1.54, 1.807) is 4.90 Å². The van der Waals surface area contributed by atoms with Crippen LogP contribution in [0.1, 0.15) is 32.6 Å². The van der Waals surface area contributed by atoms with Gasteiger partial charge in [0.1, 0.15) is 0 Å². The fourth-order valence-corrected chi connectivity index (χ4v) is 4.10. The molecule has 1 heterocycles. The molecule has 1 aliphatic heterocycles. The van der Waals surface area contributed by atoms with Crippen LogP contribution >= 0.6 is 11.8 Å². The maximum absolute atomic E-state index is 12.1. The number of likely N-dealkylation sites (tertiary alicyclic amines) is 1. The lowest BCUT2D eigenvalue weighted by Crippen LogP contribution is -2.46. The van der Waals surface area contributed by atoms with Crippen molar-refractivity contribution in [2.75, 3.05) is 18.8 Å². The zero-order valence-corrected chi connectivity index (χ0v) is 12.1. The molecule has 0 aromatic rings. The second-order valence-corrected chi connectivity index (χ2v) is 6.77. The Hall–Kier alpha value is -0.910. The minimum absolute atomic E-state index is 0.0858. The minimum atomic E-state index is -0.796. The van der Waals surface area contributed by atoms with Crippen molar-refractivity contribution in [3.8, 4) is 0 Å². The lowest BCUT2D eigenvalue weighted by molar-refractivity contribution is -0.141. The third-order valence-corrected chi connectivity index (χ3v) is 5.29. The number of amides is 2. The first-order valence-corrected chi connectivity index (χ1v) is 8.06. The van der Waals surface area contributed by atoms with Gasteiger partial charge in [0.05, 0.1) is 5.92 Å². The Labute approximate surface area is 118 Å². The maximum Gasteiger partial charge on any atom is 0.317 e. The van der Waals surface area contributed by atoms with Crippen LogP contribution in [0, 0.1) is 5.92 Å². The average molecular weight is 286 g/mol. The van der Waals surface area contributed by atoms with Crippen molar-refractivity contribution in [1.82, 2.24) is 10.2 Å².